The summed E-state index contributed by atoms with van der Waals surface area (Å²) in [5.74, 6) is 2.09. The van der Waals surface area contributed by atoms with E-state index in [-0.39, 0.29) is 4.75 Å². The van der Waals surface area contributed by atoms with Crippen molar-refractivity contribution in [1.82, 2.24) is 10.6 Å². The second kappa shape index (κ2) is 11.4. The van der Waals surface area contributed by atoms with Crippen LogP contribution >= 0.6 is 11.8 Å². The van der Waals surface area contributed by atoms with Gasteiger partial charge in [0.15, 0.2) is 5.96 Å². The fraction of sp³-hybridized carbons (Fsp3) is 0.950. The van der Waals surface area contributed by atoms with Crippen molar-refractivity contribution in [2.75, 3.05) is 52.3 Å². The van der Waals surface area contributed by atoms with Gasteiger partial charge in [-0.1, -0.05) is 19.8 Å². The highest BCUT2D eigenvalue weighted by Gasteiger charge is 2.35. The second-order valence-corrected chi connectivity index (χ2v) is 9.39. The maximum Gasteiger partial charge on any atom is 0.191 e. The first-order valence-electron chi connectivity index (χ1n) is 10.4. The molecule has 2 aliphatic rings. The average molecular weight is 386 g/mol. The molecule has 1 heterocycles. The Bertz CT molecular complexity index is 414. The van der Waals surface area contributed by atoms with Crippen LogP contribution in [-0.4, -0.2) is 63.0 Å². The average Bonchev–Trinajstić information content (AvgIpc) is 3.12. The molecule has 5 nitrogen and oxygen atoms in total. The molecule has 1 saturated heterocycles. The molecule has 2 rings (SSSR count). The van der Waals surface area contributed by atoms with E-state index in [1.165, 1.54) is 25.7 Å². The Kier molecular flexibility index (Phi) is 9.57. The van der Waals surface area contributed by atoms with E-state index >= 15 is 0 Å². The fourth-order valence-electron chi connectivity index (χ4n) is 4.23. The van der Waals surface area contributed by atoms with Crippen molar-refractivity contribution in [3.8, 4) is 0 Å². The zero-order valence-corrected chi connectivity index (χ0v) is 17.9. The highest BCUT2D eigenvalue weighted by Crippen LogP contribution is 2.40. The van der Waals surface area contributed by atoms with Crippen molar-refractivity contribution in [2.45, 2.75) is 63.5 Å². The molecule has 1 aliphatic carbocycles. The lowest BCUT2D eigenvalue weighted by molar-refractivity contribution is 0.0781. The third-order valence-corrected chi connectivity index (χ3v) is 7.39. The topological polar surface area (TPSA) is 54.9 Å². The van der Waals surface area contributed by atoms with Crippen LogP contribution in [0, 0.1) is 5.41 Å². The molecule has 2 fully saturated rings. The molecule has 0 atom stereocenters. The summed E-state index contributed by atoms with van der Waals surface area (Å²) in [6, 6.07) is 0. The van der Waals surface area contributed by atoms with E-state index in [4.69, 9.17) is 9.47 Å². The van der Waals surface area contributed by atoms with Crippen LogP contribution in [0.25, 0.3) is 0 Å². The van der Waals surface area contributed by atoms with Gasteiger partial charge in [0, 0.05) is 51.3 Å². The van der Waals surface area contributed by atoms with E-state index in [2.05, 4.69) is 41.2 Å². The van der Waals surface area contributed by atoms with E-state index in [0.717, 1.165) is 70.5 Å². The maximum absolute atomic E-state index is 5.63. The molecule has 1 aliphatic heterocycles. The van der Waals surface area contributed by atoms with Gasteiger partial charge in [0.25, 0.3) is 0 Å². The molecule has 0 unspecified atom stereocenters. The number of nitrogens with one attached hydrogen (secondary N) is 2. The van der Waals surface area contributed by atoms with E-state index in [1.807, 2.05) is 7.05 Å². The standard InChI is InChI=1S/C20H39N3O2S/c1-4-24-13-10-19(8-6-7-9-19)16-22-18(21-3)23-17-20(26-5-2)11-14-25-15-12-20/h4-17H2,1-3H3,(H2,21,22,23). The Morgan fingerprint density at radius 3 is 2.38 bits per heavy atom. The van der Waals surface area contributed by atoms with Gasteiger partial charge >= 0.3 is 0 Å². The van der Waals surface area contributed by atoms with Crippen LogP contribution in [0.5, 0.6) is 0 Å². The van der Waals surface area contributed by atoms with Gasteiger partial charge in [0.05, 0.1) is 0 Å². The monoisotopic (exact) mass is 385 g/mol. The molecular formula is C20H39N3O2S. The van der Waals surface area contributed by atoms with Crippen molar-refractivity contribution in [3.63, 3.8) is 0 Å². The van der Waals surface area contributed by atoms with Gasteiger partial charge in [-0.2, -0.15) is 11.8 Å². The highest BCUT2D eigenvalue weighted by molar-refractivity contribution is 8.00. The van der Waals surface area contributed by atoms with E-state index < -0.39 is 0 Å². The molecule has 0 radical (unpaired) electrons. The Balaban J connectivity index is 1.83. The van der Waals surface area contributed by atoms with E-state index in [9.17, 15) is 0 Å². The minimum absolute atomic E-state index is 0.282. The zero-order chi connectivity index (χ0) is 18.7. The number of guanidine groups is 1. The predicted octanol–water partition coefficient (Wildman–Crippen LogP) is 3.44. The van der Waals surface area contributed by atoms with Crippen molar-refractivity contribution >= 4 is 17.7 Å². The van der Waals surface area contributed by atoms with Gasteiger partial charge in [-0.3, -0.25) is 4.99 Å². The van der Waals surface area contributed by atoms with Crippen LogP contribution in [0.4, 0.5) is 0 Å². The van der Waals surface area contributed by atoms with Gasteiger partial charge in [-0.25, -0.2) is 0 Å². The third kappa shape index (κ3) is 6.61. The smallest absolute Gasteiger partial charge is 0.191 e. The minimum atomic E-state index is 0.282. The fourth-order valence-corrected chi connectivity index (χ4v) is 5.47. The van der Waals surface area contributed by atoms with Crippen LogP contribution in [-0.2, 0) is 9.47 Å². The Labute approximate surface area is 164 Å². The van der Waals surface area contributed by atoms with Crippen LogP contribution in [0.15, 0.2) is 4.99 Å². The van der Waals surface area contributed by atoms with Gasteiger partial charge in [0.1, 0.15) is 0 Å². The second-order valence-electron chi connectivity index (χ2n) is 7.66. The first kappa shape index (κ1) is 21.8. The first-order valence-corrected chi connectivity index (χ1v) is 11.4. The summed E-state index contributed by atoms with van der Waals surface area (Å²) in [6.07, 6.45) is 8.68. The Morgan fingerprint density at radius 2 is 1.77 bits per heavy atom. The van der Waals surface area contributed by atoms with Crippen LogP contribution < -0.4 is 10.6 Å². The van der Waals surface area contributed by atoms with Crippen molar-refractivity contribution < 1.29 is 9.47 Å². The lowest BCUT2D eigenvalue weighted by atomic mass is 9.83. The largest absolute Gasteiger partial charge is 0.382 e. The van der Waals surface area contributed by atoms with E-state index in [1.54, 1.807) is 0 Å². The molecule has 0 aromatic rings. The SMILES string of the molecule is CCOCCC1(CNC(=NC)NCC2(SCC)CCOCC2)CCCC1. The molecule has 152 valence electrons. The minimum Gasteiger partial charge on any atom is -0.382 e. The third-order valence-electron chi connectivity index (χ3n) is 5.93. The number of thioether (sulfide) groups is 1. The number of hydrogen-bond donors (Lipinski definition) is 2. The number of hydrogen-bond acceptors (Lipinski definition) is 4. The molecule has 0 spiro atoms. The highest BCUT2D eigenvalue weighted by atomic mass is 32.2. The van der Waals surface area contributed by atoms with Crippen LogP contribution in [0.1, 0.15) is 58.8 Å². The van der Waals surface area contributed by atoms with Crippen LogP contribution in [0.2, 0.25) is 0 Å². The summed E-state index contributed by atoms with van der Waals surface area (Å²) >= 11 is 2.07. The Morgan fingerprint density at radius 1 is 1.08 bits per heavy atom. The number of ether oxygens (including phenoxy) is 2. The zero-order valence-electron chi connectivity index (χ0n) is 17.1. The van der Waals surface area contributed by atoms with Crippen molar-refractivity contribution in [3.05, 3.63) is 0 Å². The summed E-state index contributed by atoms with van der Waals surface area (Å²) in [4.78, 5) is 4.47. The maximum atomic E-state index is 5.63. The summed E-state index contributed by atoms with van der Waals surface area (Å²) in [5, 5.41) is 7.23. The number of nitrogens with zero attached hydrogens (tertiary/aromatic N) is 1. The molecule has 0 aromatic heterocycles. The van der Waals surface area contributed by atoms with Gasteiger partial charge < -0.3 is 20.1 Å². The lowest BCUT2D eigenvalue weighted by Gasteiger charge is -2.37. The summed E-state index contributed by atoms with van der Waals surface area (Å²) in [6.45, 7) is 9.72. The molecular weight excluding hydrogens is 346 g/mol. The predicted molar refractivity (Wildman–Crippen MR) is 112 cm³/mol. The first-order chi connectivity index (χ1) is 12.7. The molecule has 1 saturated carbocycles. The normalized spacial score (nSPS) is 22.3. The number of rotatable bonds is 10. The van der Waals surface area contributed by atoms with Gasteiger partial charge in [0.2, 0.25) is 0 Å². The summed E-state index contributed by atoms with van der Waals surface area (Å²) in [5.41, 5.74) is 0.376. The quantitative estimate of drug-likeness (QED) is 0.343. The van der Waals surface area contributed by atoms with Gasteiger partial charge in [-0.15, -0.1) is 0 Å². The molecule has 2 N–H and O–H groups in total. The molecule has 0 aromatic carbocycles. The summed E-state index contributed by atoms with van der Waals surface area (Å²) < 4.78 is 11.5. The number of aliphatic imine (C=N–C) groups is 1. The van der Waals surface area contributed by atoms with Crippen LogP contribution in [0.3, 0.4) is 0 Å². The molecule has 6 heteroatoms. The van der Waals surface area contributed by atoms with E-state index in [0.29, 0.717) is 5.41 Å². The van der Waals surface area contributed by atoms with Crippen molar-refractivity contribution in [2.24, 2.45) is 10.4 Å². The molecule has 0 bridgehead atoms. The Hall–Kier alpha value is -0.460. The van der Waals surface area contributed by atoms with Crippen molar-refractivity contribution in [1.29, 1.82) is 0 Å². The molecule has 26 heavy (non-hydrogen) atoms. The summed E-state index contributed by atoms with van der Waals surface area (Å²) in [7, 11) is 1.88. The molecule has 0 amide bonds. The van der Waals surface area contributed by atoms with Gasteiger partial charge in [-0.05, 0) is 50.2 Å². The lowest BCUT2D eigenvalue weighted by Crippen LogP contribution is -2.49.